The highest BCUT2D eigenvalue weighted by atomic mass is 35.5. The fourth-order valence-corrected chi connectivity index (χ4v) is 2.95. The monoisotopic (exact) mass is 276 g/mol. The number of hydrogen-bond acceptors (Lipinski definition) is 4. The minimum atomic E-state index is -3.24. The predicted molar refractivity (Wildman–Crippen MR) is 66.8 cm³/mol. The molecule has 0 radical (unpaired) electrons. The molecule has 4 nitrogen and oxygen atoms in total. The number of halogens is 1. The molecule has 0 saturated carbocycles. The van der Waals surface area contributed by atoms with Gasteiger partial charge in [-0.25, -0.2) is 8.42 Å². The lowest BCUT2D eigenvalue weighted by Crippen LogP contribution is -2.29. The Morgan fingerprint density at radius 2 is 1.94 bits per heavy atom. The summed E-state index contributed by atoms with van der Waals surface area (Å²) in [6.07, 6.45) is 2.79. The Morgan fingerprint density at radius 3 is 2.44 bits per heavy atom. The summed E-state index contributed by atoms with van der Waals surface area (Å²) in [5.74, 6) is 0. The Labute approximate surface area is 103 Å². The van der Waals surface area contributed by atoms with Crippen molar-refractivity contribution in [3.8, 4) is 0 Å². The molecule has 86 valence electrons. The summed E-state index contributed by atoms with van der Waals surface area (Å²) in [6, 6.07) is 7.21. The molecule has 1 aromatic rings. The van der Waals surface area contributed by atoms with E-state index in [0.29, 0.717) is 5.02 Å². The van der Waals surface area contributed by atoms with Crippen LogP contribution >= 0.6 is 23.5 Å². The highest BCUT2D eigenvalue weighted by Gasteiger charge is 2.24. The van der Waals surface area contributed by atoms with Gasteiger partial charge in [-0.2, -0.15) is 0 Å². The molecule has 16 heavy (non-hydrogen) atoms. The van der Waals surface area contributed by atoms with E-state index < -0.39 is 10.0 Å². The quantitative estimate of drug-likeness (QED) is 0.840. The van der Waals surface area contributed by atoms with E-state index in [0.717, 1.165) is 32.5 Å². The van der Waals surface area contributed by atoms with E-state index >= 15 is 0 Å². The van der Waals surface area contributed by atoms with Crippen LogP contribution in [0.4, 0.5) is 0 Å². The van der Waals surface area contributed by atoms with Crippen LogP contribution in [-0.2, 0) is 10.0 Å². The number of nitrogens with zero attached hydrogens (tertiary/aromatic N) is 1. The molecule has 1 heterocycles. The first-order chi connectivity index (χ1) is 7.47. The zero-order chi connectivity index (χ0) is 11.8. The zero-order valence-corrected chi connectivity index (χ0v) is 10.7. The second kappa shape index (κ2) is 4.29. The van der Waals surface area contributed by atoms with Crippen LogP contribution in [-0.4, -0.2) is 18.5 Å². The van der Waals surface area contributed by atoms with Gasteiger partial charge in [-0.3, -0.25) is 0 Å². The van der Waals surface area contributed by atoms with Crippen LogP contribution in [0.5, 0.6) is 0 Å². The van der Waals surface area contributed by atoms with Crippen molar-refractivity contribution >= 4 is 38.5 Å². The Morgan fingerprint density at radius 1 is 1.31 bits per heavy atom. The predicted octanol–water partition coefficient (Wildman–Crippen LogP) is 2.07. The third kappa shape index (κ3) is 2.52. The Kier molecular flexibility index (Phi) is 3.16. The highest BCUT2D eigenvalue weighted by Crippen LogP contribution is 2.34. The number of hydrazine groups is 1. The van der Waals surface area contributed by atoms with Crippen LogP contribution in [0.3, 0.4) is 0 Å². The third-order valence-corrected chi connectivity index (χ3v) is 4.73. The van der Waals surface area contributed by atoms with Crippen LogP contribution in [0, 0.1) is 0 Å². The SMILES string of the molecule is CS(=O)(=O)N1NC=C(c2ccc(Cl)cc2)S1. The first-order valence-electron chi connectivity index (χ1n) is 4.37. The molecule has 0 atom stereocenters. The molecule has 0 fully saturated rings. The molecular formula is C9H9ClN2O2S2. The van der Waals surface area contributed by atoms with Crippen molar-refractivity contribution < 1.29 is 8.42 Å². The molecular weight excluding hydrogens is 268 g/mol. The van der Waals surface area contributed by atoms with Gasteiger partial charge in [0.1, 0.15) is 0 Å². The van der Waals surface area contributed by atoms with E-state index in [4.69, 9.17) is 11.6 Å². The molecule has 2 rings (SSSR count). The van der Waals surface area contributed by atoms with Gasteiger partial charge in [-0.1, -0.05) is 27.6 Å². The van der Waals surface area contributed by atoms with Crippen LogP contribution < -0.4 is 5.43 Å². The van der Waals surface area contributed by atoms with Crippen LogP contribution in [0.15, 0.2) is 30.5 Å². The van der Waals surface area contributed by atoms with Crippen molar-refractivity contribution in [2.24, 2.45) is 0 Å². The first kappa shape index (κ1) is 11.8. The van der Waals surface area contributed by atoms with Crippen molar-refractivity contribution in [3.63, 3.8) is 0 Å². The zero-order valence-electron chi connectivity index (χ0n) is 8.34. The standard InChI is InChI=1S/C9H9ClN2O2S2/c1-16(13,14)12-11-6-9(15-12)7-2-4-8(10)5-3-7/h2-6,11H,1H3. The summed E-state index contributed by atoms with van der Waals surface area (Å²) in [5, 5.41) is 0.653. The molecule has 1 N–H and O–H groups in total. The maximum absolute atomic E-state index is 11.3. The number of nitrogens with one attached hydrogen (secondary N) is 1. The lowest BCUT2D eigenvalue weighted by molar-refractivity contribution is 0.526. The van der Waals surface area contributed by atoms with Crippen molar-refractivity contribution in [1.29, 1.82) is 0 Å². The largest absolute Gasteiger partial charge is 0.301 e. The number of rotatable bonds is 2. The van der Waals surface area contributed by atoms with Crippen molar-refractivity contribution in [2.45, 2.75) is 0 Å². The Balaban J connectivity index is 2.18. The van der Waals surface area contributed by atoms with E-state index in [1.54, 1.807) is 18.3 Å². The molecule has 0 unspecified atom stereocenters. The molecule has 0 spiro atoms. The number of sulfonamides is 1. The van der Waals surface area contributed by atoms with Gasteiger partial charge in [0.2, 0.25) is 10.0 Å². The molecule has 1 aliphatic rings. The second-order valence-electron chi connectivity index (χ2n) is 3.23. The van der Waals surface area contributed by atoms with Gasteiger partial charge in [-0.05, 0) is 29.6 Å². The van der Waals surface area contributed by atoms with Gasteiger partial charge in [0.15, 0.2) is 0 Å². The minimum absolute atomic E-state index is 0.653. The summed E-state index contributed by atoms with van der Waals surface area (Å²) in [7, 11) is -3.24. The van der Waals surface area contributed by atoms with Gasteiger partial charge in [-0.15, -0.1) is 0 Å². The smallest absolute Gasteiger partial charge is 0.238 e. The molecule has 0 aliphatic carbocycles. The maximum Gasteiger partial charge on any atom is 0.238 e. The average molecular weight is 277 g/mol. The van der Waals surface area contributed by atoms with Crippen molar-refractivity contribution in [2.75, 3.05) is 6.26 Å². The fraction of sp³-hybridized carbons (Fsp3) is 0.111. The molecule has 0 amide bonds. The van der Waals surface area contributed by atoms with Gasteiger partial charge >= 0.3 is 0 Å². The van der Waals surface area contributed by atoms with E-state index in [2.05, 4.69) is 5.43 Å². The Bertz CT molecular complexity index is 525. The number of hydrogen-bond donors (Lipinski definition) is 1. The van der Waals surface area contributed by atoms with E-state index in [1.165, 1.54) is 0 Å². The molecule has 1 aromatic carbocycles. The van der Waals surface area contributed by atoms with Crippen molar-refractivity contribution in [3.05, 3.63) is 41.1 Å². The van der Waals surface area contributed by atoms with Gasteiger partial charge in [0.25, 0.3) is 0 Å². The minimum Gasteiger partial charge on any atom is -0.301 e. The topological polar surface area (TPSA) is 49.4 Å². The maximum atomic E-state index is 11.3. The molecule has 0 saturated heterocycles. The van der Waals surface area contributed by atoms with E-state index in [1.807, 2.05) is 12.1 Å². The normalized spacial score (nSPS) is 17.0. The fourth-order valence-electron chi connectivity index (χ4n) is 1.17. The third-order valence-electron chi connectivity index (χ3n) is 1.91. The van der Waals surface area contributed by atoms with Gasteiger partial charge in [0, 0.05) is 11.2 Å². The summed E-state index contributed by atoms with van der Waals surface area (Å²) in [4.78, 5) is 0.835. The van der Waals surface area contributed by atoms with Gasteiger partial charge in [0.05, 0.1) is 11.2 Å². The molecule has 0 bridgehead atoms. The summed E-state index contributed by atoms with van der Waals surface area (Å²) < 4.78 is 23.6. The Hall–Kier alpha value is -0.690. The van der Waals surface area contributed by atoms with E-state index in [9.17, 15) is 8.42 Å². The second-order valence-corrected chi connectivity index (χ2v) is 6.71. The summed E-state index contributed by atoms with van der Waals surface area (Å²) in [6.45, 7) is 0. The van der Waals surface area contributed by atoms with Crippen LogP contribution in [0.2, 0.25) is 5.02 Å². The average Bonchev–Trinajstić information content (AvgIpc) is 2.67. The van der Waals surface area contributed by atoms with Crippen LogP contribution in [0.1, 0.15) is 5.56 Å². The van der Waals surface area contributed by atoms with Crippen LogP contribution in [0.25, 0.3) is 4.91 Å². The van der Waals surface area contributed by atoms with Crippen molar-refractivity contribution in [1.82, 2.24) is 9.25 Å². The lowest BCUT2D eigenvalue weighted by Gasteiger charge is -2.11. The summed E-state index contributed by atoms with van der Waals surface area (Å²) >= 11 is 6.90. The summed E-state index contributed by atoms with van der Waals surface area (Å²) in [5.41, 5.74) is 3.60. The first-order valence-corrected chi connectivity index (χ1v) is 7.37. The highest BCUT2D eigenvalue weighted by molar-refractivity contribution is 8.14. The molecule has 0 aromatic heterocycles. The number of benzene rings is 1. The molecule has 7 heteroatoms. The molecule has 1 aliphatic heterocycles. The van der Waals surface area contributed by atoms with E-state index in [-0.39, 0.29) is 0 Å². The van der Waals surface area contributed by atoms with Gasteiger partial charge < -0.3 is 5.43 Å². The lowest BCUT2D eigenvalue weighted by atomic mass is 10.2.